The fourth-order valence-corrected chi connectivity index (χ4v) is 2.97. The second-order valence-corrected chi connectivity index (χ2v) is 5.72. The van der Waals surface area contributed by atoms with Crippen molar-refractivity contribution in [2.45, 2.75) is 13.0 Å². The van der Waals surface area contributed by atoms with Crippen molar-refractivity contribution in [1.82, 2.24) is 4.90 Å². The van der Waals surface area contributed by atoms with Gasteiger partial charge < -0.3 is 14.4 Å². The molecule has 0 atom stereocenters. The van der Waals surface area contributed by atoms with E-state index in [1.807, 2.05) is 35.2 Å². The zero-order valence-corrected chi connectivity index (χ0v) is 12.7. The summed E-state index contributed by atoms with van der Waals surface area (Å²) in [5, 5.41) is 0. The average Bonchev–Trinajstić information content (AvgIpc) is 3.07. The summed E-state index contributed by atoms with van der Waals surface area (Å²) in [4.78, 5) is 14.3. The molecule has 0 unspecified atom stereocenters. The van der Waals surface area contributed by atoms with Gasteiger partial charge in [0.2, 0.25) is 12.7 Å². The van der Waals surface area contributed by atoms with Crippen molar-refractivity contribution in [3.63, 3.8) is 0 Å². The third-order valence-electron chi connectivity index (χ3n) is 4.26. The van der Waals surface area contributed by atoms with Crippen LogP contribution < -0.4 is 9.47 Å². The Labute approximate surface area is 134 Å². The predicted molar refractivity (Wildman–Crippen MR) is 87.2 cm³/mol. The van der Waals surface area contributed by atoms with Crippen LogP contribution in [0.5, 0.6) is 11.5 Å². The number of carbonyl (C=O) groups is 1. The average molecular weight is 307 g/mol. The van der Waals surface area contributed by atoms with Crippen molar-refractivity contribution >= 4 is 12.0 Å². The van der Waals surface area contributed by atoms with Crippen LogP contribution >= 0.6 is 0 Å². The fourth-order valence-electron chi connectivity index (χ4n) is 2.97. The highest BCUT2D eigenvalue weighted by atomic mass is 16.7. The largest absolute Gasteiger partial charge is 0.454 e. The first kappa shape index (κ1) is 13.9. The van der Waals surface area contributed by atoms with Crippen molar-refractivity contribution in [3.8, 4) is 11.5 Å². The van der Waals surface area contributed by atoms with Crippen LogP contribution in [0.25, 0.3) is 6.08 Å². The summed E-state index contributed by atoms with van der Waals surface area (Å²) in [5.74, 6) is 1.52. The minimum atomic E-state index is 0.0390. The first-order chi connectivity index (χ1) is 11.3. The minimum Gasteiger partial charge on any atom is -0.454 e. The van der Waals surface area contributed by atoms with Gasteiger partial charge in [0.25, 0.3) is 0 Å². The molecule has 0 radical (unpaired) electrons. The van der Waals surface area contributed by atoms with Crippen LogP contribution in [-0.4, -0.2) is 24.1 Å². The van der Waals surface area contributed by atoms with E-state index in [1.54, 1.807) is 6.08 Å². The van der Waals surface area contributed by atoms with E-state index in [0.717, 1.165) is 30.0 Å². The minimum absolute atomic E-state index is 0.0390. The van der Waals surface area contributed by atoms with Gasteiger partial charge in [-0.05, 0) is 41.3 Å². The number of hydrogen-bond donors (Lipinski definition) is 0. The van der Waals surface area contributed by atoms with Gasteiger partial charge in [-0.1, -0.05) is 30.3 Å². The molecule has 0 fully saturated rings. The van der Waals surface area contributed by atoms with Crippen LogP contribution in [0.2, 0.25) is 0 Å². The predicted octanol–water partition coefficient (Wildman–Crippen LogP) is 3.01. The highest BCUT2D eigenvalue weighted by Gasteiger charge is 2.18. The molecular formula is C19H17NO3. The van der Waals surface area contributed by atoms with Crippen molar-refractivity contribution in [3.05, 3.63) is 65.2 Å². The molecule has 4 heteroatoms. The lowest BCUT2D eigenvalue weighted by atomic mass is 10.00. The molecule has 2 aliphatic heterocycles. The first-order valence-corrected chi connectivity index (χ1v) is 7.73. The molecule has 116 valence electrons. The summed E-state index contributed by atoms with van der Waals surface area (Å²) < 4.78 is 10.6. The number of benzene rings is 2. The summed E-state index contributed by atoms with van der Waals surface area (Å²) in [5.41, 5.74) is 3.51. The lowest BCUT2D eigenvalue weighted by Crippen LogP contribution is -2.34. The van der Waals surface area contributed by atoms with Crippen LogP contribution in [0.1, 0.15) is 16.7 Å². The molecule has 0 bridgehead atoms. The Morgan fingerprint density at radius 2 is 1.87 bits per heavy atom. The quantitative estimate of drug-likeness (QED) is 0.801. The lowest BCUT2D eigenvalue weighted by Gasteiger charge is -2.27. The maximum atomic E-state index is 12.4. The number of carbonyl (C=O) groups excluding carboxylic acids is 1. The number of amides is 1. The van der Waals surface area contributed by atoms with Crippen LogP contribution in [0.15, 0.2) is 48.5 Å². The van der Waals surface area contributed by atoms with Gasteiger partial charge in [-0.25, -0.2) is 0 Å². The van der Waals surface area contributed by atoms with E-state index in [9.17, 15) is 4.79 Å². The van der Waals surface area contributed by atoms with Crippen LogP contribution in [-0.2, 0) is 17.8 Å². The number of ether oxygens (including phenoxy) is 2. The SMILES string of the molecule is O=C(/C=C/c1ccc2c(c1)OCO2)N1CCc2ccccc2C1. The van der Waals surface area contributed by atoms with Crippen molar-refractivity contribution in [2.75, 3.05) is 13.3 Å². The maximum absolute atomic E-state index is 12.4. The zero-order valence-electron chi connectivity index (χ0n) is 12.7. The first-order valence-electron chi connectivity index (χ1n) is 7.73. The van der Waals surface area contributed by atoms with E-state index in [0.29, 0.717) is 6.54 Å². The summed E-state index contributed by atoms with van der Waals surface area (Å²) in [6.45, 7) is 1.70. The highest BCUT2D eigenvalue weighted by molar-refractivity contribution is 5.92. The van der Waals surface area contributed by atoms with Crippen molar-refractivity contribution in [1.29, 1.82) is 0 Å². The van der Waals surface area contributed by atoms with E-state index in [-0.39, 0.29) is 12.7 Å². The normalized spacial score (nSPS) is 15.7. The van der Waals surface area contributed by atoms with Gasteiger partial charge >= 0.3 is 0 Å². The van der Waals surface area contributed by atoms with Gasteiger partial charge in [0, 0.05) is 19.2 Å². The highest BCUT2D eigenvalue weighted by Crippen LogP contribution is 2.32. The van der Waals surface area contributed by atoms with Crippen LogP contribution in [0.3, 0.4) is 0 Å². The Morgan fingerprint density at radius 3 is 2.78 bits per heavy atom. The van der Waals surface area contributed by atoms with Crippen molar-refractivity contribution in [2.24, 2.45) is 0 Å². The third kappa shape index (κ3) is 2.80. The molecule has 2 aliphatic rings. The number of hydrogen-bond acceptors (Lipinski definition) is 3. The second-order valence-electron chi connectivity index (χ2n) is 5.72. The van der Waals surface area contributed by atoms with Crippen molar-refractivity contribution < 1.29 is 14.3 Å². The lowest BCUT2D eigenvalue weighted by molar-refractivity contribution is -0.126. The molecule has 0 aliphatic carbocycles. The molecule has 4 nitrogen and oxygen atoms in total. The monoisotopic (exact) mass is 307 g/mol. The topological polar surface area (TPSA) is 38.8 Å². The number of rotatable bonds is 2. The third-order valence-corrected chi connectivity index (χ3v) is 4.26. The summed E-state index contributed by atoms with van der Waals surface area (Å²) >= 11 is 0. The standard InChI is InChI=1S/C19H17NO3/c21-19(20-10-9-15-3-1-2-4-16(15)12-20)8-6-14-5-7-17-18(11-14)23-13-22-17/h1-8,11H,9-10,12-13H2/b8-6+. The number of fused-ring (bicyclic) bond motifs is 2. The Bertz CT molecular complexity index is 782. The fraction of sp³-hybridized carbons (Fsp3) is 0.211. The van der Waals surface area contributed by atoms with E-state index in [1.165, 1.54) is 11.1 Å². The van der Waals surface area contributed by atoms with Gasteiger partial charge in [0.1, 0.15) is 0 Å². The molecule has 4 rings (SSSR count). The Morgan fingerprint density at radius 1 is 1.04 bits per heavy atom. The molecule has 0 aromatic heterocycles. The maximum Gasteiger partial charge on any atom is 0.246 e. The smallest absolute Gasteiger partial charge is 0.246 e. The molecule has 0 saturated heterocycles. The van der Waals surface area contributed by atoms with Gasteiger partial charge in [-0.3, -0.25) is 4.79 Å². The Kier molecular flexibility index (Phi) is 3.50. The van der Waals surface area contributed by atoms with E-state index < -0.39 is 0 Å². The molecule has 0 saturated carbocycles. The summed E-state index contributed by atoms with van der Waals surface area (Å²) in [6.07, 6.45) is 4.37. The zero-order chi connectivity index (χ0) is 15.6. The van der Waals surface area contributed by atoms with Gasteiger partial charge in [-0.15, -0.1) is 0 Å². The van der Waals surface area contributed by atoms with E-state index in [2.05, 4.69) is 18.2 Å². The molecular weight excluding hydrogens is 290 g/mol. The van der Waals surface area contributed by atoms with Crippen LogP contribution in [0, 0.1) is 0 Å². The molecule has 23 heavy (non-hydrogen) atoms. The van der Waals surface area contributed by atoms with Gasteiger partial charge in [0.15, 0.2) is 11.5 Å². The van der Waals surface area contributed by atoms with E-state index >= 15 is 0 Å². The molecule has 0 spiro atoms. The molecule has 0 N–H and O–H groups in total. The Hall–Kier alpha value is -2.75. The summed E-state index contributed by atoms with van der Waals surface area (Å²) in [6, 6.07) is 14.0. The molecule has 2 aromatic rings. The van der Waals surface area contributed by atoms with Gasteiger partial charge in [-0.2, -0.15) is 0 Å². The van der Waals surface area contributed by atoms with Crippen LogP contribution in [0.4, 0.5) is 0 Å². The van der Waals surface area contributed by atoms with E-state index in [4.69, 9.17) is 9.47 Å². The van der Waals surface area contributed by atoms with Gasteiger partial charge in [0.05, 0.1) is 0 Å². The molecule has 2 heterocycles. The molecule has 2 aromatic carbocycles. The summed E-state index contributed by atoms with van der Waals surface area (Å²) in [7, 11) is 0. The second kappa shape index (κ2) is 5.80. The number of nitrogens with zero attached hydrogens (tertiary/aromatic N) is 1. The Balaban J connectivity index is 1.46. The molecule has 1 amide bonds.